The van der Waals surface area contributed by atoms with Crippen LogP contribution in [-0.2, 0) is 6.54 Å². The Balaban J connectivity index is 1.92. The predicted molar refractivity (Wildman–Crippen MR) is 75.7 cm³/mol. The number of benzene rings is 1. The van der Waals surface area contributed by atoms with Gasteiger partial charge in [0.1, 0.15) is 0 Å². The number of halogens is 1. The number of hydrogen-bond donors (Lipinski definition) is 1. The van der Waals surface area contributed by atoms with Crippen molar-refractivity contribution in [2.75, 3.05) is 18.8 Å². The first-order valence-electron chi connectivity index (χ1n) is 6.28. The molecule has 94 valence electrons. The van der Waals surface area contributed by atoms with Crippen molar-refractivity contribution < 1.29 is 0 Å². The maximum absolute atomic E-state index is 6.05. The zero-order chi connectivity index (χ0) is 12.5. The van der Waals surface area contributed by atoms with Gasteiger partial charge in [-0.3, -0.25) is 9.88 Å². The summed E-state index contributed by atoms with van der Waals surface area (Å²) >= 11 is 6.05. The van der Waals surface area contributed by atoms with E-state index in [1.807, 2.05) is 18.3 Å². The van der Waals surface area contributed by atoms with E-state index in [1.54, 1.807) is 0 Å². The first kappa shape index (κ1) is 11.8. The van der Waals surface area contributed by atoms with Crippen LogP contribution < -0.4 is 5.73 Å². The van der Waals surface area contributed by atoms with E-state index in [0.29, 0.717) is 10.7 Å². The number of nitrogen functional groups attached to an aromatic ring is 1. The Bertz CT molecular complexity index is 577. The summed E-state index contributed by atoms with van der Waals surface area (Å²) in [5.41, 5.74) is 8.51. The van der Waals surface area contributed by atoms with E-state index in [1.165, 1.54) is 31.5 Å². The maximum atomic E-state index is 6.05. The molecule has 1 aliphatic rings. The number of aromatic nitrogens is 1. The van der Waals surface area contributed by atoms with Crippen molar-refractivity contribution in [3.8, 4) is 0 Å². The molecule has 0 unspecified atom stereocenters. The van der Waals surface area contributed by atoms with Gasteiger partial charge >= 0.3 is 0 Å². The molecule has 0 atom stereocenters. The second-order valence-electron chi connectivity index (χ2n) is 4.89. The number of likely N-dealkylation sites (tertiary alicyclic amines) is 1. The highest BCUT2D eigenvalue weighted by Crippen LogP contribution is 2.25. The zero-order valence-corrected chi connectivity index (χ0v) is 11.0. The molecule has 0 radical (unpaired) electrons. The number of fused-ring (bicyclic) bond motifs is 1. The Morgan fingerprint density at radius 3 is 2.78 bits per heavy atom. The molecule has 1 aromatic carbocycles. The van der Waals surface area contributed by atoms with E-state index >= 15 is 0 Å². The smallest absolute Gasteiger partial charge is 0.0723 e. The van der Waals surface area contributed by atoms with Crippen LogP contribution in [0.15, 0.2) is 24.4 Å². The monoisotopic (exact) mass is 261 g/mol. The van der Waals surface area contributed by atoms with E-state index in [2.05, 4.69) is 16.0 Å². The number of nitrogens with zero attached hydrogens (tertiary/aromatic N) is 2. The Morgan fingerprint density at radius 1 is 1.22 bits per heavy atom. The molecule has 0 spiro atoms. The van der Waals surface area contributed by atoms with E-state index in [0.717, 1.165) is 17.4 Å². The van der Waals surface area contributed by atoms with Gasteiger partial charge in [0.05, 0.1) is 16.2 Å². The minimum atomic E-state index is 0.587. The summed E-state index contributed by atoms with van der Waals surface area (Å²) in [4.78, 5) is 6.92. The molecule has 0 amide bonds. The topological polar surface area (TPSA) is 42.1 Å². The molecule has 2 N–H and O–H groups in total. The van der Waals surface area contributed by atoms with Crippen LogP contribution in [0.5, 0.6) is 0 Å². The molecule has 0 bridgehead atoms. The van der Waals surface area contributed by atoms with Crippen molar-refractivity contribution in [1.29, 1.82) is 0 Å². The van der Waals surface area contributed by atoms with Gasteiger partial charge in [0, 0.05) is 18.1 Å². The zero-order valence-electron chi connectivity index (χ0n) is 10.2. The second-order valence-corrected chi connectivity index (χ2v) is 5.30. The van der Waals surface area contributed by atoms with Crippen molar-refractivity contribution in [2.45, 2.75) is 19.4 Å². The summed E-state index contributed by atoms with van der Waals surface area (Å²) in [6.45, 7) is 3.37. The van der Waals surface area contributed by atoms with Crippen molar-refractivity contribution in [2.24, 2.45) is 0 Å². The third-order valence-corrected chi connectivity index (χ3v) is 3.79. The van der Waals surface area contributed by atoms with Crippen molar-refractivity contribution in [3.05, 3.63) is 35.0 Å². The van der Waals surface area contributed by atoms with Gasteiger partial charge in [0.15, 0.2) is 0 Å². The number of rotatable bonds is 2. The van der Waals surface area contributed by atoms with Gasteiger partial charge in [-0.15, -0.1) is 0 Å². The summed E-state index contributed by atoms with van der Waals surface area (Å²) in [6, 6.07) is 5.88. The van der Waals surface area contributed by atoms with Crippen LogP contribution in [0.1, 0.15) is 18.4 Å². The summed E-state index contributed by atoms with van der Waals surface area (Å²) in [7, 11) is 0. The molecule has 2 aromatic rings. The van der Waals surface area contributed by atoms with E-state index < -0.39 is 0 Å². The fourth-order valence-corrected chi connectivity index (χ4v) is 2.67. The third-order valence-electron chi connectivity index (χ3n) is 3.46. The van der Waals surface area contributed by atoms with Gasteiger partial charge in [-0.05, 0) is 49.7 Å². The van der Waals surface area contributed by atoms with Gasteiger partial charge in [0.2, 0.25) is 0 Å². The molecular formula is C14H16ClN3. The quantitative estimate of drug-likeness (QED) is 0.845. The molecule has 1 fully saturated rings. The summed E-state index contributed by atoms with van der Waals surface area (Å²) in [5, 5.41) is 1.66. The summed E-state index contributed by atoms with van der Waals surface area (Å²) < 4.78 is 0. The maximum Gasteiger partial charge on any atom is 0.0723 e. The summed E-state index contributed by atoms with van der Waals surface area (Å²) in [5.74, 6) is 0. The lowest BCUT2D eigenvalue weighted by molar-refractivity contribution is 0.331. The Morgan fingerprint density at radius 2 is 2.00 bits per heavy atom. The fourth-order valence-electron chi connectivity index (χ4n) is 2.50. The van der Waals surface area contributed by atoms with Crippen molar-refractivity contribution >= 4 is 28.2 Å². The number of hydrogen-bond acceptors (Lipinski definition) is 3. The van der Waals surface area contributed by atoms with E-state index in [9.17, 15) is 0 Å². The van der Waals surface area contributed by atoms with E-state index in [-0.39, 0.29) is 0 Å². The highest BCUT2D eigenvalue weighted by molar-refractivity contribution is 6.33. The molecule has 1 aliphatic heterocycles. The van der Waals surface area contributed by atoms with Crippen LogP contribution in [0, 0.1) is 0 Å². The number of pyridine rings is 1. The summed E-state index contributed by atoms with van der Waals surface area (Å²) in [6.07, 6.45) is 4.56. The average Bonchev–Trinajstić information content (AvgIpc) is 2.84. The lowest BCUT2D eigenvalue weighted by Crippen LogP contribution is -2.18. The van der Waals surface area contributed by atoms with Crippen molar-refractivity contribution in [3.63, 3.8) is 0 Å². The number of nitrogens with two attached hydrogens (primary N) is 1. The molecule has 1 saturated heterocycles. The SMILES string of the molecule is Nc1cc2ncc(CN3CCCC3)cc2cc1Cl. The van der Waals surface area contributed by atoms with Crippen LogP contribution in [0.3, 0.4) is 0 Å². The van der Waals surface area contributed by atoms with Gasteiger partial charge in [0.25, 0.3) is 0 Å². The standard InChI is InChI=1S/C14H16ClN3/c15-12-6-11-5-10(9-18-3-1-2-4-18)8-17-14(11)7-13(12)16/h5-8H,1-4,9,16H2. The van der Waals surface area contributed by atoms with Crippen LogP contribution in [0.2, 0.25) is 5.02 Å². The molecule has 1 aromatic heterocycles. The van der Waals surface area contributed by atoms with Crippen LogP contribution in [-0.4, -0.2) is 23.0 Å². The molecule has 0 aliphatic carbocycles. The van der Waals surface area contributed by atoms with Crippen LogP contribution >= 0.6 is 11.6 Å². The Kier molecular flexibility index (Phi) is 3.10. The molecule has 3 nitrogen and oxygen atoms in total. The third kappa shape index (κ3) is 2.28. The lowest BCUT2D eigenvalue weighted by atomic mass is 10.1. The molecule has 4 heteroatoms. The van der Waals surface area contributed by atoms with Crippen molar-refractivity contribution in [1.82, 2.24) is 9.88 Å². The predicted octanol–water partition coefficient (Wildman–Crippen LogP) is 3.07. The lowest BCUT2D eigenvalue weighted by Gasteiger charge is -2.14. The van der Waals surface area contributed by atoms with Gasteiger partial charge in [-0.2, -0.15) is 0 Å². The van der Waals surface area contributed by atoms with Crippen LogP contribution in [0.4, 0.5) is 5.69 Å². The van der Waals surface area contributed by atoms with Crippen LogP contribution in [0.25, 0.3) is 10.9 Å². The first-order chi connectivity index (χ1) is 8.72. The number of anilines is 1. The largest absolute Gasteiger partial charge is 0.397 e. The fraction of sp³-hybridized carbons (Fsp3) is 0.357. The van der Waals surface area contributed by atoms with Gasteiger partial charge in [-0.25, -0.2) is 0 Å². The van der Waals surface area contributed by atoms with Gasteiger partial charge in [-0.1, -0.05) is 11.6 Å². The highest BCUT2D eigenvalue weighted by Gasteiger charge is 2.12. The molecular weight excluding hydrogens is 246 g/mol. The normalized spacial score (nSPS) is 16.5. The Hall–Kier alpha value is -1.32. The second kappa shape index (κ2) is 4.75. The first-order valence-corrected chi connectivity index (χ1v) is 6.66. The van der Waals surface area contributed by atoms with E-state index in [4.69, 9.17) is 17.3 Å². The van der Waals surface area contributed by atoms with Gasteiger partial charge < -0.3 is 5.73 Å². The Labute approximate surface area is 112 Å². The molecule has 3 rings (SSSR count). The minimum absolute atomic E-state index is 0.587. The highest BCUT2D eigenvalue weighted by atomic mass is 35.5. The minimum Gasteiger partial charge on any atom is -0.397 e. The molecule has 18 heavy (non-hydrogen) atoms. The molecule has 2 heterocycles. The molecule has 0 saturated carbocycles. The average molecular weight is 262 g/mol.